The van der Waals surface area contributed by atoms with Crippen molar-refractivity contribution in [1.29, 1.82) is 0 Å². The van der Waals surface area contributed by atoms with Crippen molar-refractivity contribution in [2.75, 3.05) is 33.7 Å². The lowest BCUT2D eigenvalue weighted by molar-refractivity contribution is -0.128. The van der Waals surface area contributed by atoms with E-state index in [0.29, 0.717) is 18.0 Å². The summed E-state index contributed by atoms with van der Waals surface area (Å²) in [5.41, 5.74) is 5.38. The third-order valence-corrected chi connectivity index (χ3v) is 2.09. The number of nitrogens with two attached hydrogens (primary N) is 1. The molecular weight excluding hydrogens is 198 g/mol. The molecule has 14 heavy (non-hydrogen) atoms. The van der Waals surface area contributed by atoms with Crippen molar-refractivity contribution in [3.05, 3.63) is 0 Å². The molecule has 0 aromatic rings. The number of likely N-dealkylation sites (N-methyl/N-ethyl adjacent to an activating group) is 1. The lowest BCUT2D eigenvalue weighted by Gasteiger charge is -2.22. The van der Waals surface area contributed by atoms with Crippen LogP contribution in [0.3, 0.4) is 0 Å². The average Bonchev–Trinajstić information content (AvgIpc) is 2.02. The Labute approximate surface area is 91.0 Å². The normalized spacial score (nSPS) is 10.3. The van der Waals surface area contributed by atoms with Crippen LogP contribution in [0, 0.1) is 0 Å². The van der Waals surface area contributed by atoms with E-state index in [-0.39, 0.29) is 5.91 Å². The minimum absolute atomic E-state index is 0.0723. The van der Waals surface area contributed by atoms with Crippen LogP contribution in [-0.2, 0) is 4.79 Å². The second-order valence-electron chi connectivity index (χ2n) is 3.53. The van der Waals surface area contributed by atoms with Crippen molar-refractivity contribution < 1.29 is 4.79 Å². The summed E-state index contributed by atoms with van der Waals surface area (Å²) in [6, 6.07) is 0. The summed E-state index contributed by atoms with van der Waals surface area (Å²) in [6.07, 6.45) is 0.600. The van der Waals surface area contributed by atoms with Gasteiger partial charge in [0.25, 0.3) is 0 Å². The zero-order valence-corrected chi connectivity index (χ0v) is 9.93. The van der Waals surface area contributed by atoms with Gasteiger partial charge in [-0.2, -0.15) is 0 Å². The van der Waals surface area contributed by atoms with E-state index >= 15 is 0 Å². The Balaban J connectivity index is 3.90. The lowest BCUT2D eigenvalue weighted by atomic mass is 10.3. The smallest absolute Gasteiger partial charge is 0.219 e. The molecule has 0 unspecified atom stereocenters. The first-order chi connectivity index (χ1) is 6.43. The first-order valence-corrected chi connectivity index (χ1v) is 5.03. The van der Waals surface area contributed by atoms with Crippen LogP contribution in [0.2, 0.25) is 0 Å². The van der Waals surface area contributed by atoms with Gasteiger partial charge in [-0.1, -0.05) is 12.2 Å². The molecule has 5 heteroatoms. The summed E-state index contributed by atoms with van der Waals surface area (Å²) in [4.78, 5) is 15.5. The van der Waals surface area contributed by atoms with E-state index < -0.39 is 0 Å². The standard InChI is InChI=1S/C9H19N3OS/c1-8(13)12(5-4-9(10)14)7-6-11(2)3/h4-7H2,1-3H3,(H2,10,14). The molecule has 0 radical (unpaired) electrons. The molecule has 0 spiro atoms. The molecule has 0 fully saturated rings. The minimum atomic E-state index is 0.0723. The quantitative estimate of drug-likeness (QED) is 0.640. The van der Waals surface area contributed by atoms with E-state index in [9.17, 15) is 4.79 Å². The molecule has 1 amide bonds. The zero-order chi connectivity index (χ0) is 11.1. The summed E-state index contributed by atoms with van der Waals surface area (Å²) in [7, 11) is 3.96. The minimum Gasteiger partial charge on any atom is -0.393 e. The fraction of sp³-hybridized carbons (Fsp3) is 0.778. The van der Waals surface area contributed by atoms with Gasteiger partial charge in [0.05, 0.1) is 4.99 Å². The second-order valence-corrected chi connectivity index (χ2v) is 4.05. The van der Waals surface area contributed by atoms with Gasteiger partial charge in [-0.3, -0.25) is 4.79 Å². The highest BCUT2D eigenvalue weighted by atomic mass is 32.1. The first kappa shape index (κ1) is 13.3. The Hall–Kier alpha value is -0.680. The van der Waals surface area contributed by atoms with E-state index in [2.05, 4.69) is 0 Å². The molecule has 0 bridgehead atoms. The maximum atomic E-state index is 11.2. The van der Waals surface area contributed by atoms with Crippen LogP contribution in [0.4, 0.5) is 0 Å². The Morgan fingerprint density at radius 1 is 1.29 bits per heavy atom. The summed E-state index contributed by atoms with van der Waals surface area (Å²) < 4.78 is 0. The zero-order valence-electron chi connectivity index (χ0n) is 9.12. The van der Waals surface area contributed by atoms with Gasteiger partial charge in [-0.25, -0.2) is 0 Å². The fourth-order valence-corrected chi connectivity index (χ4v) is 1.08. The van der Waals surface area contributed by atoms with Crippen LogP contribution in [0.15, 0.2) is 0 Å². The van der Waals surface area contributed by atoms with Gasteiger partial charge in [-0.15, -0.1) is 0 Å². The van der Waals surface area contributed by atoms with Gasteiger partial charge in [0.15, 0.2) is 0 Å². The number of hydrogen-bond acceptors (Lipinski definition) is 3. The van der Waals surface area contributed by atoms with E-state index in [0.717, 1.165) is 13.1 Å². The number of carbonyl (C=O) groups excluding carboxylic acids is 1. The fourth-order valence-electron chi connectivity index (χ4n) is 0.993. The molecule has 0 atom stereocenters. The number of thiocarbonyl (C=S) groups is 1. The van der Waals surface area contributed by atoms with Crippen LogP contribution in [0.25, 0.3) is 0 Å². The van der Waals surface area contributed by atoms with E-state index in [1.807, 2.05) is 19.0 Å². The molecule has 0 saturated heterocycles. The highest BCUT2D eigenvalue weighted by molar-refractivity contribution is 7.80. The summed E-state index contributed by atoms with van der Waals surface area (Å²) in [6.45, 7) is 3.77. The predicted octanol–water partition coefficient (Wildman–Crippen LogP) is 0.0727. The monoisotopic (exact) mass is 217 g/mol. The Morgan fingerprint density at radius 2 is 1.86 bits per heavy atom. The topological polar surface area (TPSA) is 49.6 Å². The van der Waals surface area contributed by atoms with Crippen molar-refractivity contribution in [3.8, 4) is 0 Å². The lowest BCUT2D eigenvalue weighted by Crippen LogP contribution is -2.37. The van der Waals surface area contributed by atoms with Crippen LogP contribution < -0.4 is 5.73 Å². The van der Waals surface area contributed by atoms with Crippen molar-refractivity contribution >= 4 is 23.1 Å². The van der Waals surface area contributed by atoms with E-state index in [4.69, 9.17) is 18.0 Å². The molecule has 0 aliphatic carbocycles. The Morgan fingerprint density at radius 3 is 2.21 bits per heavy atom. The maximum absolute atomic E-state index is 11.2. The van der Waals surface area contributed by atoms with Gasteiger partial charge in [-0.05, 0) is 14.1 Å². The molecule has 4 nitrogen and oxygen atoms in total. The van der Waals surface area contributed by atoms with Crippen molar-refractivity contribution in [3.63, 3.8) is 0 Å². The maximum Gasteiger partial charge on any atom is 0.219 e. The summed E-state index contributed by atoms with van der Waals surface area (Å²) in [5, 5.41) is 0. The highest BCUT2D eigenvalue weighted by Gasteiger charge is 2.08. The molecule has 82 valence electrons. The van der Waals surface area contributed by atoms with Crippen LogP contribution >= 0.6 is 12.2 Å². The summed E-state index contributed by atoms with van der Waals surface area (Å²) in [5.74, 6) is 0.0723. The van der Waals surface area contributed by atoms with Crippen molar-refractivity contribution in [1.82, 2.24) is 9.80 Å². The molecule has 0 aromatic carbocycles. The van der Waals surface area contributed by atoms with Crippen LogP contribution in [-0.4, -0.2) is 54.4 Å². The predicted molar refractivity (Wildman–Crippen MR) is 62.2 cm³/mol. The van der Waals surface area contributed by atoms with Gasteiger partial charge >= 0.3 is 0 Å². The number of rotatable bonds is 6. The third-order valence-electron chi connectivity index (χ3n) is 1.89. The molecule has 0 aromatic heterocycles. The Bertz CT molecular complexity index is 206. The number of amides is 1. The third kappa shape index (κ3) is 6.80. The second kappa shape index (κ2) is 6.73. The molecular formula is C9H19N3OS. The number of nitrogens with zero attached hydrogens (tertiary/aromatic N) is 2. The van der Waals surface area contributed by atoms with Gasteiger partial charge in [0.2, 0.25) is 5.91 Å². The summed E-state index contributed by atoms with van der Waals surface area (Å²) >= 11 is 4.77. The number of hydrogen-bond donors (Lipinski definition) is 1. The molecule has 2 N–H and O–H groups in total. The highest BCUT2D eigenvalue weighted by Crippen LogP contribution is 1.93. The molecule has 0 saturated carbocycles. The molecule has 0 aliphatic rings. The molecule has 0 aliphatic heterocycles. The van der Waals surface area contributed by atoms with Crippen molar-refractivity contribution in [2.45, 2.75) is 13.3 Å². The van der Waals surface area contributed by atoms with Crippen LogP contribution in [0.1, 0.15) is 13.3 Å². The Kier molecular flexibility index (Phi) is 6.40. The van der Waals surface area contributed by atoms with Gasteiger partial charge in [0, 0.05) is 33.0 Å². The largest absolute Gasteiger partial charge is 0.393 e. The van der Waals surface area contributed by atoms with E-state index in [1.54, 1.807) is 11.8 Å². The molecule has 0 heterocycles. The van der Waals surface area contributed by atoms with E-state index in [1.165, 1.54) is 0 Å². The molecule has 0 rings (SSSR count). The van der Waals surface area contributed by atoms with Crippen molar-refractivity contribution in [2.24, 2.45) is 5.73 Å². The average molecular weight is 217 g/mol. The first-order valence-electron chi connectivity index (χ1n) is 4.62. The number of carbonyl (C=O) groups is 1. The van der Waals surface area contributed by atoms with Gasteiger partial charge in [0.1, 0.15) is 0 Å². The van der Waals surface area contributed by atoms with Crippen LogP contribution in [0.5, 0.6) is 0 Å². The van der Waals surface area contributed by atoms with Gasteiger partial charge < -0.3 is 15.5 Å². The SMILES string of the molecule is CC(=O)N(CCC(N)=S)CCN(C)C.